The molecule has 0 radical (unpaired) electrons. The van der Waals surface area contributed by atoms with Crippen LogP contribution < -0.4 is 5.32 Å². The van der Waals surface area contributed by atoms with Crippen LogP contribution in [-0.4, -0.2) is 43.8 Å². The van der Waals surface area contributed by atoms with Crippen molar-refractivity contribution in [1.82, 2.24) is 19.7 Å². The molecule has 2 heterocycles. The van der Waals surface area contributed by atoms with Crippen LogP contribution in [0.25, 0.3) is 0 Å². The van der Waals surface area contributed by atoms with E-state index in [0.717, 1.165) is 30.5 Å². The molecule has 9 heteroatoms. The number of thioether (sulfide) groups is 1. The molecule has 2 aromatic carbocycles. The molecule has 1 N–H and O–H groups in total. The number of carbonyl (C=O) groups is 2. The van der Waals surface area contributed by atoms with E-state index in [9.17, 15) is 9.59 Å². The molecule has 1 fully saturated rings. The first-order chi connectivity index (χ1) is 16.0. The van der Waals surface area contributed by atoms with Crippen molar-refractivity contribution in [1.29, 1.82) is 0 Å². The van der Waals surface area contributed by atoms with Gasteiger partial charge in [-0.25, -0.2) is 0 Å². The number of hydrogen-bond acceptors (Lipinski definition) is 5. The molecule has 0 aliphatic carbocycles. The SMILES string of the molecule is CCc1ccccc1NC(=O)CSc1nnc(C2CCCN2C(=O)c2ccccc2Cl)n1C. The standard InChI is InChI=1S/C24H26ClN5O2S/c1-3-16-9-4-7-12-19(16)26-21(31)15-33-24-28-27-22(29(24)2)20-13-8-14-30(20)23(32)17-10-5-6-11-18(17)25/h4-7,9-12,20H,3,8,13-15H2,1-2H3,(H,26,31). The largest absolute Gasteiger partial charge is 0.328 e. The lowest BCUT2D eigenvalue weighted by atomic mass is 10.1. The number of carbonyl (C=O) groups excluding carboxylic acids is 2. The zero-order chi connectivity index (χ0) is 23.4. The highest BCUT2D eigenvalue weighted by Crippen LogP contribution is 2.34. The second-order valence-corrected chi connectivity index (χ2v) is 9.23. The summed E-state index contributed by atoms with van der Waals surface area (Å²) >= 11 is 7.58. The Bertz CT molecular complexity index is 1170. The van der Waals surface area contributed by atoms with E-state index in [1.807, 2.05) is 52.9 Å². The molecule has 1 atom stereocenters. The van der Waals surface area contributed by atoms with Crippen molar-refractivity contribution < 1.29 is 9.59 Å². The monoisotopic (exact) mass is 483 g/mol. The van der Waals surface area contributed by atoms with Gasteiger partial charge in [0.2, 0.25) is 5.91 Å². The van der Waals surface area contributed by atoms with E-state index < -0.39 is 0 Å². The number of hydrogen-bond donors (Lipinski definition) is 1. The average molecular weight is 484 g/mol. The number of aryl methyl sites for hydroxylation is 1. The molecule has 7 nitrogen and oxygen atoms in total. The Balaban J connectivity index is 1.43. The molecule has 2 amide bonds. The minimum absolute atomic E-state index is 0.0955. The van der Waals surface area contributed by atoms with E-state index in [2.05, 4.69) is 22.4 Å². The third-order valence-electron chi connectivity index (χ3n) is 5.79. The highest BCUT2D eigenvalue weighted by molar-refractivity contribution is 7.99. The van der Waals surface area contributed by atoms with Crippen LogP contribution in [0.2, 0.25) is 5.02 Å². The maximum absolute atomic E-state index is 13.1. The predicted octanol–water partition coefficient (Wildman–Crippen LogP) is 4.74. The van der Waals surface area contributed by atoms with Gasteiger partial charge in [-0.1, -0.05) is 60.6 Å². The van der Waals surface area contributed by atoms with E-state index in [1.165, 1.54) is 11.8 Å². The van der Waals surface area contributed by atoms with Crippen molar-refractivity contribution >= 4 is 40.9 Å². The Labute approximate surface area is 202 Å². The fourth-order valence-electron chi connectivity index (χ4n) is 4.08. The summed E-state index contributed by atoms with van der Waals surface area (Å²) in [6, 6.07) is 14.7. The van der Waals surface area contributed by atoms with E-state index >= 15 is 0 Å². The minimum Gasteiger partial charge on any atom is -0.328 e. The summed E-state index contributed by atoms with van der Waals surface area (Å²) in [4.78, 5) is 27.5. The molecular formula is C24H26ClN5O2S. The summed E-state index contributed by atoms with van der Waals surface area (Å²) in [6.07, 6.45) is 2.54. The average Bonchev–Trinajstić information content (AvgIpc) is 3.44. The molecular weight excluding hydrogens is 458 g/mol. The Morgan fingerprint density at radius 1 is 1.15 bits per heavy atom. The van der Waals surface area contributed by atoms with Crippen LogP contribution >= 0.6 is 23.4 Å². The molecule has 0 saturated carbocycles. The third-order valence-corrected chi connectivity index (χ3v) is 7.14. The van der Waals surface area contributed by atoms with Crippen LogP contribution in [0.5, 0.6) is 0 Å². The number of benzene rings is 2. The van der Waals surface area contributed by atoms with Gasteiger partial charge in [-0.2, -0.15) is 0 Å². The van der Waals surface area contributed by atoms with Gasteiger partial charge in [-0.3, -0.25) is 9.59 Å². The van der Waals surface area contributed by atoms with Crippen LogP contribution in [0.3, 0.4) is 0 Å². The number of aromatic nitrogens is 3. The van der Waals surface area contributed by atoms with Gasteiger partial charge >= 0.3 is 0 Å². The van der Waals surface area contributed by atoms with Gasteiger partial charge in [-0.15, -0.1) is 10.2 Å². The lowest BCUT2D eigenvalue weighted by molar-refractivity contribution is -0.113. The number of anilines is 1. The predicted molar refractivity (Wildman–Crippen MR) is 131 cm³/mol. The zero-order valence-corrected chi connectivity index (χ0v) is 20.2. The normalized spacial score (nSPS) is 15.6. The van der Waals surface area contributed by atoms with Gasteiger partial charge in [0, 0.05) is 19.3 Å². The fourth-order valence-corrected chi connectivity index (χ4v) is 5.01. The van der Waals surface area contributed by atoms with Crippen molar-refractivity contribution in [3.63, 3.8) is 0 Å². The minimum atomic E-state index is -0.175. The number of halogens is 1. The van der Waals surface area contributed by atoms with E-state index in [1.54, 1.807) is 12.1 Å². The zero-order valence-electron chi connectivity index (χ0n) is 18.6. The van der Waals surface area contributed by atoms with Gasteiger partial charge in [0.15, 0.2) is 11.0 Å². The first-order valence-corrected chi connectivity index (χ1v) is 12.3. The summed E-state index contributed by atoms with van der Waals surface area (Å²) in [6.45, 7) is 2.70. The molecule has 0 spiro atoms. The maximum atomic E-state index is 13.1. The van der Waals surface area contributed by atoms with E-state index in [0.29, 0.717) is 28.1 Å². The Morgan fingerprint density at radius 3 is 2.70 bits per heavy atom. The lowest BCUT2D eigenvalue weighted by Crippen LogP contribution is -2.32. The second-order valence-electron chi connectivity index (χ2n) is 7.88. The summed E-state index contributed by atoms with van der Waals surface area (Å²) in [5.41, 5.74) is 2.43. The van der Waals surface area contributed by atoms with Crippen LogP contribution in [-0.2, 0) is 18.3 Å². The summed E-state index contributed by atoms with van der Waals surface area (Å²) in [5, 5.41) is 12.7. The van der Waals surface area contributed by atoms with Gasteiger partial charge in [0.1, 0.15) is 0 Å². The second kappa shape index (κ2) is 10.4. The molecule has 1 aromatic heterocycles. The molecule has 1 aliphatic rings. The fraction of sp³-hybridized carbons (Fsp3) is 0.333. The third kappa shape index (κ3) is 5.07. The highest BCUT2D eigenvalue weighted by Gasteiger charge is 2.34. The van der Waals surface area contributed by atoms with Gasteiger partial charge < -0.3 is 14.8 Å². The number of nitrogens with one attached hydrogen (secondary N) is 1. The van der Waals surface area contributed by atoms with Crippen LogP contribution in [0.1, 0.15) is 47.6 Å². The number of nitrogens with zero attached hydrogens (tertiary/aromatic N) is 4. The van der Waals surface area contributed by atoms with E-state index in [4.69, 9.17) is 11.6 Å². The number of para-hydroxylation sites is 1. The Kier molecular flexibility index (Phi) is 7.35. The van der Waals surface area contributed by atoms with E-state index in [-0.39, 0.29) is 23.6 Å². The molecule has 0 bridgehead atoms. The lowest BCUT2D eigenvalue weighted by Gasteiger charge is -2.24. The Morgan fingerprint density at radius 2 is 1.91 bits per heavy atom. The van der Waals surface area contributed by atoms with Crippen LogP contribution in [0, 0.1) is 0 Å². The number of rotatable bonds is 7. The van der Waals surface area contributed by atoms with Crippen molar-refractivity contribution in [2.75, 3.05) is 17.6 Å². The van der Waals surface area contributed by atoms with Gasteiger partial charge in [-0.05, 0) is 43.0 Å². The molecule has 1 unspecified atom stereocenters. The number of amides is 2. The summed E-state index contributed by atoms with van der Waals surface area (Å²) < 4.78 is 1.88. The summed E-state index contributed by atoms with van der Waals surface area (Å²) in [5.74, 6) is 0.736. The molecule has 1 saturated heterocycles. The topological polar surface area (TPSA) is 80.1 Å². The molecule has 1 aliphatic heterocycles. The molecule has 4 rings (SSSR count). The molecule has 33 heavy (non-hydrogen) atoms. The number of likely N-dealkylation sites (tertiary alicyclic amines) is 1. The first kappa shape index (κ1) is 23.3. The summed E-state index contributed by atoms with van der Waals surface area (Å²) in [7, 11) is 1.87. The van der Waals surface area contributed by atoms with Crippen molar-refractivity contribution in [2.24, 2.45) is 7.05 Å². The van der Waals surface area contributed by atoms with Gasteiger partial charge in [0.25, 0.3) is 5.91 Å². The van der Waals surface area contributed by atoms with Crippen molar-refractivity contribution in [3.05, 3.63) is 70.5 Å². The van der Waals surface area contributed by atoms with Crippen molar-refractivity contribution in [3.8, 4) is 0 Å². The molecule has 172 valence electrons. The quantitative estimate of drug-likeness (QED) is 0.491. The van der Waals surface area contributed by atoms with Crippen LogP contribution in [0.15, 0.2) is 53.7 Å². The highest BCUT2D eigenvalue weighted by atomic mass is 35.5. The molecule has 3 aromatic rings. The van der Waals surface area contributed by atoms with Crippen LogP contribution in [0.4, 0.5) is 5.69 Å². The Hall–Kier alpha value is -2.84. The smallest absolute Gasteiger partial charge is 0.255 e. The van der Waals surface area contributed by atoms with Crippen molar-refractivity contribution in [2.45, 2.75) is 37.4 Å². The van der Waals surface area contributed by atoms with Gasteiger partial charge in [0.05, 0.1) is 22.4 Å². The maximum Gasteiger partial charge on any atom is 0.255 e. The first-order valence-electron chi connectivity index (χ1n) is 10.9.